The summed E-state index contributed by atoms with van der Waals surface area (Å²) in [5.74, 6) is 1.69. The highest BCUT2D eigenvalue weighted by Gasteiger charge is 2.30. The first-order valence-electron chi connectivity index (χ1n) is 7.76. The normalized spacial score (nSPS) is 37.0. The van der Waals surface area contributed by atoms with Gasteiger partial charge in [-0.05, 0) is 38.8 Å². The van der Waals surface area contributed by atoms with Gasteiger partial charge in [0.25, 0.3) is 0 Å². The zero-order chi connectivity index (χ0) is 13.1. The second-order valence-corrected chi connectivity index (χ2v) is 6.62. The summed E-state index contributed by atoms with van der Waals surface area (Å²) in [4.78, 5) is 5.21. The van der Waals surface area contributed by atoms with Crippen LogP contribution in [0, 0.1) is 11.8 Å². The molecular weight excluding hydrogens is 222 g/mol. The molecule has 0 bridgehead atoms. The average Bonchev–Trinajstić information content (AvgIpc) is 2.76. The highest BCUT2D eigenvalue weighted by Crippen LogP contribution is 2.20. The van der Waals surface area contributed by atoms with Crippen molar-refractivity contribution in [1.29, 1.82) is 0 Å². The number of piperazine rings is 1. The predicted octanol–water partition coefficient (Wildman–Crippen LogP) is 1.65. The van der Waals surface area contributed by atoms with Crippen molar-refractivity contribution < 1.29 is 0 Å². The van der Waals surface area contributed by atoms with Crippen LogP contribution >= 0.6 is 0 Å². The fourth-order valence-electron chi connectivity index (χ4n) is 3.38. The number of hydrogen-bond acceptors (Lipinski definition) is 3. The second-order valence-electron chi connectivity index (χ2n) is 6.62. The molecule has 4 unspecified atom stereocenters. The Labute approximate surface area is 113 Å². The summed E-state index contributed by atoms with van der Waals surface area (Å²) < 4.78 is 0. The summed E-state index contributed by atoms with van der Waals surface area (Å²) in [7, 11) is 2.25. The molecule has 2 rings (SSSR count). The maximum Gasteiger partial charge on any atom is 0.0221 e. The van der Waals surface area contributed by atoms with Crippen molar-refractivity contribution in [3.8, 4) is 0 Å². The highest BCUT2D eigenvalue weighted by atomic mass is 15.2. The Morgan fingerprint density at radius 1 is 1.33 bits per heavy atom. The van der Waals surface area contributed by atoms with Gasteiger partial charge in [0.15, 0.2) is 0 Å². The van der Waals surface area contributed by atoms with Crippen molar-refractivity contribution in [2.75, 3.05) is 39.8 Å². The quantitative estimate of drug-likeness (QED) is 0.822. The smallest absolute Gasteiger partial charge is 0.0221 e. The SMILES string of the molecule is CCC(C)C1CN(CC2CCN(C)C2)C(C)CN1. The second kappa shape index (κ2) is 6.36. The maximum atomic E-state index is 3.73. The van der Waals surface area contributed by atoms with Crippen molar-refractivity contribution >= 4 is 0 Å². The molecule has 4 atom stereocenters. The Bertz CT molecular complexity index is 254. The van der Waals surface area contributed by atoms with E-state index in [-0.39, 0.29) is 0 Å². The number of rotatable bonds is 4. The van der Waals surface area contributed by atoms with Crippen LogP contribution in [-0.4, -0.2) is 61.7 Å². The third-order valence-corrected chi connectivity index (χ3v) is 5.04. The number of likely N-dealkylation sites (tertiary alicyclic amines) is 1. The van der Waals surface area contributed by atoms with Crippen LogP contribution in [0.5, 0.6) is 0 Å². The molecule has 0 aromatic rings. The molecule has 18 heavy (non-hydrogen) atoms. The number of hydrogen-bond donors (Lipinski definition) is 1. The Morgan fingerprint density at radius 3 is 2.72 bits per heavy atom. The Morgan fingerprint density at radius 2 is 2.11 bits per heavy atom. The van der Waals surface area contributed by atoms with Gasteiger partial charge in [-0.3, -0.25) is 4.90 Å². The van der Waals surface area contributed by atoms with Crippen molar-refractivity contribution in [3.63, 3.8) is 0 Å². The molecule has 3 nitrogen and oxygen atoms in total. The van der Waals surface area contributed by atoms with Crippen LogP contribution in [0.25, 0.3) is 0 Å². The fourth-order valence-corrected chi connectivity index (χ4v) is 3.38. The van der Waals surface area contributed by atoms with E-state index in [0.29, 0.717) is 12.1 Å². The number of nitrogens with zero attached hydrogens (tertiary/aromatic N) is 2. The largest absolute Gasteiger partial charge is 0.311 e. The summed E-state index contributed by atoms with van der Waals surface area (Å²) >= 11 is 0. The van der Waals surface area contributed by atoms with Crippen molar-refractivity contribution in [2.45, 2.75) is 45.7 Å². The minimum Gasteiger partial charge on any atom is -0.311 e. The van der Waals surface area contributed by atoms with Crippen molar-refractivity contribution in [3.05, 3.63) is 0 Å². The molecule has 3 heteroatoms. The van der Waals surface area contributed by atoms with Gasteiger partial charge in [-0.25, -0.2) is 0 Å². The molecule has 0 radical (unpaired) electrons. The first-order valence-corrected chi connectivity index (χ1v) is 7.76. The maximum absolute atomic E-state index is 3.73. The van der Waals surface area contributed by atoms with E-state index in [4.69, 9.17) is 0 Å². The van der Waals surface area contributed by atoms with E-state index in [2.05, 4.69) is 42.9 Å². The molecule has 0 amide bonds. The van der Waals surface area contributed by atoms with E-state index in [9.17, 15) is 0 Å². The van der Waals surface area contributed by atoms with E-state index < -0.39 is 0 Å². The average molecular weight is 253 g/mol. The molecule has 106 valence electrons. The summed E-state index contributed by atoms with van der Waals surface area (Å²) in [6, 6.07) is 1.40. The van der Waals surface area contributed by atoms with Crippen molar-refractivity contribution in [2.24, 2.45) is 11.8 Å². The van der Waals surface area contributed by atoms with Gasteiger partial charge in [0, 0.05) is 38.3 Å². The van der Waals surface area contributed by atoms with Crippen molar-refractivity contribution in [1.82, 2.24) is 15.1 Å². The molecule has 2 fully saturated rings. The molecular formula is C15H31N3. The summed E-state index contributed by atoms with van der Waals surface area (Å²) in [6.45, 7) is 13.4. The molecule has 2 heterocycles. The fraction of sp³-hybridized carbons (Fsp3) is 1.00. The van der Waals surface area contributed by atoms with E-state index >= 15 is 0 Å². The topological polar surface area (TPSA) is 18.5 Å². The van der Waals surface area contributed by atoms with Crippen LogP contribution < -0.4 is 5.32 Å². The van der Waals surface area contributed by atoms with Gasteiger partial charge in [-0.15, -0.1) is 0 Å². The molecule has 2 aliphatic heterocycles. The molecule has 0 aliphatic carbocycles. The van der Waals surface area contributed by atoms with Crippen LogP contribution in [0.4, 0.5) is 0 Å². The van der Waals surface area contributed by atoms with Crippen LogP contribution in [0.15, 0.2) is 0 Å². The lowest BCUT2D eigenvalue weighted by atomic mass is 9.95. The summed E-state index contributed by atoms with van der Waals surface area (Å²) in [6.07, 6.45) is 2.67. The lowest BCUT2D eigenvalue weighted by molar-refractivity contribution is 0.102. The van der Waals surface area contributed by atoms with E-state index in [1.807, 2.05) is 0 Å². The molecule has 0 aromatic heterocycles. The lowest BCUT2D eigenvalue weighted by Crippen LogP contribution is -2.58. The van der Waals surface area contributed by atoms with Gasteiger partial charge in [0.1, 0.15) is 0 Å². The van der Waals surface area contributed by atoms with Gasteiger partial charge < -0.3 is 10.2 Å². The molecule has 0 saturated carbocycles. The summed E-state index contributed by atoms with van der Waals surface area (Å²) in [5.41, 5.74) is 0. The van der Waals surface area contributed by atoms with E-state index in [1.165, 1.54) is 39.0 Å². The first kappa shape index (κ1) is 14.3. The third kappa shape index (κ3) is 3.46. The minimum absolute atomic E-state index is 0.699. The van der Waals surface area contributed by atoms with Crippen LogP contribution in [-0.2, 0) is 0 Å². The molecule has 0 aromatic carbocycles. The minimum atomic E-state index is 0.699. The van der Waals surface area contributed by atoms with Crippen LogP contribution in [0.2, 0.25) is 0 Å². The van der Waals surface area contributed by atoms with Crippen LogP contribution in [0.1, 0.15) is 33.6 Å². The van der Waals surface area contributed by atoms with E-state index in [1.54, 1.807) is 0 Å². The molecule has 0 spiro atoms. The Kier molecular flexibility index (Phi) is 5.05. The number of nitrogens with one attached hydrogen (secondary N) is 1. The Hall–Kier alpha value is -0.120. The molecule has 2 aliphatic rings. The van der Waals surface area contributed by atoms with Gasteiger partial charge >= 0.3 is 0 Å². The van der Waals surface area contributed by atoms with Gasteiger partial charge in [0.2, 0.25) is 0 Å². The predicted molar refractivity (Wildman–Crippen MR) is 77.9 cm³/mol. The lowest BCUT2D eigenvalue weighted by Gasteiger charge is -2.42. The third-order valence-electron chi connectivity index (χ3n) is 5.04. The zero-order valence-electron chi connectivity index (χ0n) is 12.7. The standard InChI is InChI=1S/C15H31N3/c1-5-12(2)15-11-18(13(3)8-16-15)10-14-6-7-17(4)9-14/h12-16H,5-11H2,1-4H3. The van der Waals surface area contributed by atoms with Gasteiger partial charge in [0.05, 0.1) is 0 Å². The first-order chi connectivity index (χ1) is 8.60. The van der Waals surface area contributed by atoms with Crippen LogP contribution in [0.3, 0.4) is 0 Å². The zero-order valence-corrected chi connectivity index (χ0v) is 12.7. The summed E-state index contributed by atoms with van der Waals surface area (Å²) in [5, 5.41) is 3.73. The molecule has 2 saturated heterocycles. The van der Waals surface area contributed by atoms with Gasteiger partial charge in [-0.2, -0.15) is 0 Å². The monoisotopic (exact) mass is 253 g/mol. The van der Waals surface area contributed by atoms with Gasteiger partial charge in [-0.1, -0.05) is 20.3 Å². The van der Waals surface area contributed by atoms with E-state index in [0.717, 1.165) is 18.4 Å². The molecule has 1 N–H and O–H groups in total. The Balaban J connectivity index is 1.85. The highest BCUT2D eigenvalue weighted by molar-refractivity contribution is 4.88.